The summed E-state index contributed by atoms with van der Waals surface area (Å²) in [5.74, 6) is 0.322. The molecule has 1 aliphatic rings. The molecule has 2 rings (SSSR count). The molecule has 15 heavy (non-hydrogen) atoms. The van der Waals surface area contributed by atoms with Gasteiger partial charge in [-0.1, -0.05) is 6.07 Å². The van der Waals surface area contributed by atoms with E-state index in [-0.39, 0.29) is 11.9 Å². The van der Waals surface area contributed by atoms with E-state index in [4.69, 9.17) is 4.74 Å². The van der Waals surface area contributed by atoms with Gasteiger partial charge in [-0.25, -0.2) is 4.39 Å². The lowest BCUT2D eigenvalue weighted by atomic mass is 10.0. The highest BCUT2D eigenvalue weighted by Gasteiger charge is 2.22. The molecule has 1 N–H and O–H groups in total. The van der Waals surface area contributed by atoms with Crippen molar-refractivity contribution >= 4 is 15.9 Å². The van der Waals surface area contributed by atoms with E-state index >= 15 is 0 Å². The Morgan fingerprint density at radius 1 is 1.53 bits per heavy atom. The molecule has 0 aromatic heterocycles. The minimum atomic E-state index is -0.284. The Hall–Kier alpha value is -0.610. The summed E-state index contributed by atoms with van der Waals surface area (Å²) in [4.78, 5) is 0. The van der Waals surface area contributed by atoms with Crippen molar-refractivity contribution in [1.29, 1.82) is 0 Å². The number of hydrogen-bond donors (Lipinski definition) is 1. The molecule has 1 unspecified atom stereocenters. The number of ether oxygens (including phenoxy) is 1. The van der Waals surface area contributed by atoms with Gasteiger partial charge in [0, 0.05) is 11.6 Å². The SMILES string of the molecule is COc1c(C2CCCN2)ccc(F)c1Br. The van der Waals surface area contributed by atoms with Gasteiger partial charge in [-0.3, -0.25) is 0 Å². The molecule has 1 aromatic carbocycles. The van der Waals surface area contributed by atoms with Crippen LogP contribution in [0.2, 0.25) is 0 Å². The monoisotopic (exact) mass is 273 g/mol. The molecule has 0 amide bonds. The molecule has 0 radical (unpaired) electrons. The van der Waals surface area contributed by atoms with Crippen molar-refractivity contribution in [2.24, 2.45) is 0 Å². The van der Waals surface area contributed by atoms with Crippen LogP contribution >= 0.6 is 15.9 Å². The molecule has 82 valence electrons. The molecule has 1 atom stereocenters. The smallest absolute Gasteiger partial charge is 0.141 e. The van der Waals surface area contributed by atoms with E-state index in [2.05, 4.69) is 21.2 Å². The van der Waals surface area contributed by atoms with Crippen LogP contribution in [0.5, 0.6) is 5.75 Å². The van der Waals surface area contributed by atoms with Crippen LogP contribution in [0.25, 0.3) is 0 Å². The van der Waals surface area contributed by atoms with Crippen molar-refractivity contribution in [2.45, 2.75) is 18.9 Å². The van der Waals surface area contributed by atoms with Crippen LogP contribution in [-0.2, 0) is 0 Å². The highest BCUT2D eigenvalue weighted by Crippen LogP contribution is 2.37. The Labute approximate surface area is 96.9 Å². The summed E-state index contributed by atoms with van der Waals surface area (Å²) < 4.78 is 18.9. The lowest BCUT2D eigenvalue weighted by molar-refractivity contribution is 0.396. The molecule has 1 saturated heterocycles. The molecule has 0 aliphatic carbocycles. The Balaban J connectivity index is 2.41. The van der Waals surface area contributed by atoms with Crippen molar-refractivity contribution < 1.29 is 9.13 Å². The van der Waals surface area contributed by atoms with E-state index in [0.717, 1.165) is 24.9 Å². The molecular weight excluding hydrogens is 261 g/mol. The minimum absolute atomic E-state index is 0.284. The molecule has 2 nitrogen and oxygen atoms in total. The fourth-order valence-electron chi connectivity index (χ4n) is 1.98. The zero-order valence-corrected chi connectivity index (χ0v) is 10.1. The highest BCUT2D eigenvalue weighted by molar-refractivity contribution is 9.10. The van der Waals surface area contributed by atoms with Crippen molar-refractivity contribution in [2.75, 3.05) is 13.7 Å². The van der Waals surface area contributed by atoms with Gasteiger partial charge in [0.1, 0.15) is 11.6 Å². The predicted octanol–water partition coefficient (Wildman–Crippen LogP) is 3.02. The minimum Gasteiger partial charge on any atom is -0.495 e. The van der Waals surface area contributed by atoms with Crippen LogP contribution in [0.4, 0.5) is 4.39 Å². The average Bonchev–Trinajstić information content (AvgIpc) is 2.75. The maximum Gasteiger partial charge on any atom is 0.141 e. The van der Waals surface area contributed by atoms with Gasteiger partial charge < -0.3 is 10.1 Å². The van der Waals surface area contributed by atoms with Gasteiger partial charge in [0.15, 0.2) is 0 Å². The first-order chi connectivity index (χ1) is 7.24. The Bertz CT molecular complexity index is 364. The molecular formula is C11H13BrFNO. The predicted molar refractivity (Wildman–Crippen MR) is 60.6 cm³/mol. The summed E-state index contributed by atoms with van der Waals surface area (Å²) in [7, 11) is 1.57. The third kappa shape index (κ3) is 2.01. The van der Waals surface area contributed by atoms with Crippen molar-refractivity contribution in [1.82, 2.24) is 5.32 Å². The molecule has 4 heteroatoms. The summed E-state index contributed by atoms with van der Waals surface area (Å²) in [5.41, 5.74) is 1.03. The standard InChI is InChI=1S/C11H13BrFNO/c1-15-11-7(9-3-2-6-14-9)4-5-8(13)10(11)12/h4-5,9,14H,2-3,6H2,1H3. The third-order valence-electron chi connectivity index (χ3n) is 2.72. The van der Waals surface area contributed by atoms with Crippen LogP contribution in [-0.4, -0.2) is 13.7 Å². The van der Waals surface area contributed by atoms with Gasteiger partial charge in [0.05, 0.1) is 11.6 Å². The zero-order chi connectivity index (χ0) is 10.8. The molecule has 1 heterocycles. The van der Waals surface area contributed by atoms with Crippen LogP contribution < -0.4 is 10.1 Å². The zero-order valence-electron chi connectivity index (χ0n) is 8.52. The van der Waals surface area contributed by atoms with E-state index in [0.29, 0.717) is 10.2 Å². The highest BCUT2D eigenvalue weighted by atomic mass is 79.9. The van der Waals surface area contributed by atoms with E-state index in [1.54, 1.807) is 13.2 Å². The summed E-state index contributed by atoms with van der Waals surface area (Å²) in [6.45, 7) is 1.02. The van der Waals surface area contributed by atoms with Gasteiger partial charge >= 0.3 is 0 Å². The fraction of sp³-hybridized carbons (Fsp3) is 0.455. The Morgan fingerprint density at radius 2 is 2.33 bits per heavy atom. The molecule has 0 spiro atoms. The third-order valence-corrected chi connectivity index (χ3v) is 3.46. The average molecular weight is 274 g/mol. The van der Waals surface area contributed by atoms with E-state index in [1.165, 1.54) is 6.07 Å². The maximum atomic E-state index is 13.3. The second-order valence-corrected chi connectivity index (χ2v) is 4.43. The van der Waals surface area contributed by atoms with Crippen LogP contribution in [0.15, 0.2) is 16.6 Å². The van der Waals surface area contributed by atoms with Gasteiger partial charge in [-0.15, -0.1) is 0 Å². The van der Waals surface area contributed by atoms with Crippen molar-refractivity contribution in [3.63, 3.8) is 0 Å². The normalized spacial score (nSPS) is 20.6. The number of hydrogen-bond acceptors (Lipinski definition) is 2. The van der Waals surface area contributed by atoms with Crippen LogP contribution in [0, 0.1) is 5.82 Å². The largest absolute Gasteiger partial charge is 0.495 e. The number of methoxy groups -OCH3 is 1. The Morgan fingerprint density at radius 3 is 2.93 bits per heavy atom. The first kappa shape index (κ1) is 10.9. The second kappa shape index (κ2) is 4.49. The summed E-state index contributed by atoms with van der Waals surface area (Å²) in [6.07, 6.45) is 2.23. The maximum absolute atomic E-state index is 13.3. The Kier molecular flexibility index (Phi) is 3.26. The molecule has 1 fully saturated rings. The molecule has 0 bridgehead atoms. The molecule has 1 aromatic rings. The van der Waals surface area contributed by atoms with Crippen molar-refractivity contribution in [3.8, 4) is 5.75 Å². The fourth-order valence-corrected chi connectivity index (χ4v) is 2.50. The summed E-state index contributed by atoms with van der Waals surface area (Å²) in [6, 6.07) is 3.56. The van der Waals surface area contributed by atoms with Crippen molar-refractivity contribution in [3.05, 3.63) is 28.0 Å². The lowest BCUT2D eigenvalue weighted by Gasteiger charge is -2.16. The topological polar surface area (TPSA) is 21.3 Å². The van der Waals surface area contributed by atoms with E-state index in [1.807, 2.05) is 0 Å². The van der Waals surface area contributed by atoms with Gasteiger partial charge in [0.2, 0.25) is 0 Å². The molecule has 1 aliphatic heterocycles. The molecule has 0 saturated carbocycles. The van der Waals surface area contributed by atoms with E-state index < -0.39 is 0 Å². The van der Waals surface area contributed by atoms with Gasteiger partial charge in [-0.05, 0) is 41.4 Å². The van der Waals surface area contributed by atoms with E-state index in [9.17, 15) is 4.39 Å². The number of halogens is 2. The first-order valence-electron chi connectivity index (χ1n) is 4.99. The van der Waals surface area contributed by atoms with Crippen LogP contribution in [0.1, 0.15) is 24.4 Å². The first-order valence-corrected chi connectivity index (χ1v) is 5.78. The quantitative estimate of drug-likeness (QED) is 0.895. The summed E-state index contributed by atoms with van der Waals surface area (Å²) >= 11 is 3.21. The van der Waals surface area contributed by atoms with Crippen LogP contribution in [0.3, 0.4) is 0 Å². The van der Waals surface area contributed by atoms with Gasteiger partial charge in [-0.2, -0.15) is 0 Å². The second-order valence-electron chi connectivity index (χ2n) is 3.63. The number of nitrogens with one attached hydrogen (secondary N) is 1. The number of benzene rings is 1. The summed E-state index contributed by atoms with van der Waals surface area (Å²) in [5, 5.41) is 3.37. The number of rotatable bonds is 2. The van der Waals surface area contributed by atoms with Gasteiger partial charge in [0.25, 0.3) is 0 Å². The lowest BCUT2D eigenvalue weighted by Crippen LogP contribution is -2.14.